The van der Waals surface area contributed by atoms with Crippen LogP contribution in [0.1, 0.15) is 11.6 Å². The highest BCUT2D eigenvalue weighted by Gasteiger charge is 2.14. The van der Waals surface area contributed by atoms with E-state index in [1.807, 2.05) is 24.3 Å². The summed E-state index contributed by atoms with van der Waals surface area (Å²) in [6.45, 7) is 0.342. The Labute approximate surface area is 122 Å². The smallest absolute Gasteiger partial charge is 0.126 e. The number of nitrogens with one attached hydrogen (secondary N) is 1. The molecule has 1 unspecified atom stereocenters. The van der Waals surface area contributed by atoms with Crippen LogP contribution in [0.15, 0.2) is 42.5 Å². The Bertz CT molecular complexity index is 572. The largest absolute Gasteiger partial charge is 0.496 e. The summed E-state index contributed by atoms with van der Waals surface area (Å²) in [5, 5.41) is 3.51. The number of para-hydroxylation sites is 1. The van der Waals surface area contributed by atoms with E-state index in [-0.39, 0.29) is 6.04 Å². The minimum atomic E-state index is -0.393. The SMILES string of the molecule is COc1ccccc1C(CN)Nc1cc(F)cc(Cl)c1. The fraction of sp³-hybridized carbons (Fsp3) is 0.200. The molecule has 2 rings (SSSR count). The standard InChI is InChI=1S/C15H16ClFN2O/c1-20-15-5-3-2-4-13(15)14(9-18)19-12-7-10(16)6-11(17)8-12/h2-8,14,19H,9,18H2,1H3. The maximum atomic E-state index is 13.3. The van der Waals surface area contributed by atoms with E-state index in [1.165, 1.54) is 12.1 Å². The predicted octanol–water partition coefficient (Wildman–Crippen LogP) is 3.60. The molecule has 2 aromatic rings. The lowest BCUT2D eigenvalue weighted by molar-refractivity contribution is 0.407. The van der Waals surface area contributed by atoms with E-state index in [4.69, 9.17) is 22.1 Å². The van der Waals surface area contributed by atoms with Crippen LogP contribution in [0, 0.1) is 5.82 Å². The fourth-order valence-electron chi connectivity index (χ4n) is 2.06. The van der Waals surface area contributed by atoms with E-state index < -0.39 is 5.82 Å². The van der Waals surface area contributed by atoms with Gasteiger partial charge < -0.3 is 15.8 Å². The molecule has 0 aliphatic rings. The molecule has 0 aliphatic heterocycles. The van der Waals surface area contributed by atoms with Crippen molar-refractivity contribution in [1.29, 1.82) is 0 Å². The summed E-state index contributed by atoms with van der Waals surface area (Å²) in [4.78, 5) is 0. The number of halogens is 2. The summed E-state index contributed by atoms with van der Waals surface area (Å²) >= 11 is 5.85. The Kier molecular flexibility index (Phi) is 4.82. The van der Waals surface area contributed by atoms with Crippen LogP contribution in [0.3, 0.4) is 0 Å². The Morgan fingerprint density at radius 3 is 2.70 bits per heavy atom. The third-order valence-corrected chi connectivity index (χ3v) is 3.17. The van der Waals surface area contributed by atoms with Gasteiger partial charge >= 0.3 is 0 Å². The third kappa shape index (κ3) is 3.40. The Balaban J connectivity index is 2.28. The molecule has 0 aromatic heterocycles. The first kappa shape index (κ1) is 14.6. The average Bonchev–Trinajstić information content (AvgIpc) is 2.43. The predicted molar refractivity (Wildman–Crippen MR) is 79.8 cm³/mol. The number of benzene rings is 2. The molecule has 1 atom stereocenters. The molecule has 2 aromatic carbocycles. The van der Waals surface area contributed by atoms with Crippen molar-refractivity contribution in [2.75, 3.05) is 19.0 Å². The average molecular weight is 295 g/mol. The molecular weight excluding hydrogens is 279 g/mol. The minimum absolute atomic E-state index is 0.191. The van der Waals surface area contributed by atoms with Gasteiger partial charge in [0.25, 0.3) is 0 Å². The first-order valence-electron chi connectivity index (χ1n) is 6.19. The van der Waals surface area contributed by atoms with Crippen molar-refractivity contribution in [2.45, 2.75) is 6.04 Å². The fourth-order valence-corrected chi connectivity index (χ4v) is 2.28. The zero-order chi connectivity index (χ0) is 14.5. The van der Waals surface area contributed by atoms with Gasteiger partial charge in [0, 0.05) is 22.8 Å². The van der Waals surface area contributed by atoms with Crippen molar-refractivity contribution in [3.8, 4) is 5.75 Å². The van der Waals surface area contributed by atoms with Gasteiger partial charge in [0.05, 0.1) is 13.2 Å². The second-order valence-electron chi connectivity index (χ2n) is 4.33. The summed E-state index contributed by atoms with van der Waals surface area (Å²) in [7, 11) is 1.60. The molecule has 0 radical (unpaired) electrons. The van der Waals surface area contributed by atoms with Crippen LogP contribution in [0.2, 0.25) is 5.02 Å². The highest BCUT2D eigenvalue weighted by Crippen LogP contribution is 2.28. The van der Waals surface area contributed by atoms with Gasteiger partial charge in [-0.3, -0.25) is 0 Å². The molecule has 20 heavy (non-hydrogen) atoms. The van der Waals surface area contributed by atoms with Gasteiger partial charge in [0.1, 0.15) is 11.6 Å². The van der Waals surface area contributed by atoms with E-state index in [9.17, 15) is 4.39 Å². The number of ether oxygens (including phenoxy) is 1. The van der Waals surface area contributed by atoms with E-state index in [1.54, 1.807) is 13.2 Å². The maximum Gasteiger partial charge on any atom is 0.126 e. The molecule has 106 valence electrons. The number of hydrogen-bond donors (Lipinski definition) is 2. The van der Waals surface area contributed by atoms with Gasteiger partial charge in [-0.25, -0.2) is 4.39 Å². The van der Waals surface area contributed by atoms with Crippen LogP contribution in [-0.2, 0) is 0 Å². The Hall–Kier alpha value is -1.78. The van der Waals surface area contributed by atoms with Crippen LogP contribution >= 0.6 is 11.6 Å². The van der Waals surface area contributed by atoms with Crippen molar-refractivity contribution in [3.63, 3.8) is 0 Å². The number of anilines is 1. The lowest BCUT2D eigenvalue weighted by Gasteiger charge is -2.21. The van der Waals surface area contributed by atoms with Crippen LogP contribution in [0.25, 0.3) is 0 Å². The van der Waals surface area contributed by atoms with Gasteiger partial charge in [0.2, 0.25) is 0 Å². The van der Waals surface area contributed by atoms with Crippen molar-refractivity contribution >= 4 is 17.3 Å². The third-order valence-electron chi connectivity index (χ3n) is 2.95. The molecule has 0 amide bonds. The normalized spacial score (nSPS) is 12.0. The summed E-state index contributed by atoms with van der Waals surface area (Å²) in [5.41, 5.74) is 7.30. The number of nitrogens with two attached hydrogens (primary N) is 1. The topological polar surface area (TPSA) is 47.3 Å². The molecule has 3 nitrogen and oxygen atoms in total. The molecule has 5 heteroatoms. The Morgan fingerprint density at radius 1 is 1.30 bits per heavy atom. The monoisotopic (exact) mass is 294 g/mol. The molecular formula is C15H16ClFN2O. The number of rotatable bonds is 5. The van der Waals surface area contributed by atoms with Crippen LogP contribution < -0.4 is 15.8 Å². The second kappa shape index (κ2) is 6.59. The molecule has 0 saturated heterocycles. The van der Waals surface area contributed by atoms with Crippen molar-refractivity contribution < 1.29 is 9.13 Å². The molecule has 0 spiro atoms. The van der Waals surface area contributed by atoms with Gasteiger partial charge in [-0.1, -0.05) is 29.8 Å². The van der Waals surface area contributed by atoms with E-state index >= 15 is 0 Å². The van der Waals surface area contributed by atoms with Gasteiger partial charge in [0.15, 0.2) is 0 Å². The molecule has 0 aliphatic carbocycles. The van der Waals surface area contributed by atoms with Crippen molar-refractivity contribution in [1.82, 2.24) is 0 Å². The molecule has 3 N–H and O–H groups in total. The van der Waals surface area contributed by atoms with E-state index in [2.05, 4.69) is 5.32 Å². The van der Waals surface area contributed by atoms with Gasteiger partial charge in [-0.2, -0.15) is 0 Å². The van der Waals surface area contributed by atoms with E-state index in [0.717, 1.165) is 11.3 Å². The van der Waals surface area contributed by atoms with Gasteiger partial charge in [-0.15, -0.1) is 0 Å². The van der Waals surface area contributed by atoms with Crippen LogP contribution in [-0.4, -0.2) is 13.7 Å². The quantitative estimate of drug-likeness (QED) is 0.886. The summed E-state index contributed by atoms with van der Waals surface area (Å²) < 4.78 is 18.7. The van der Waals surface area contributed by atoms with Crippen LogP contribution in [0.5, 0.6) is 5.75 Å². The van der Waals surface area contributed by atoms with Crippen molar-refractivity contribution in [3.05, 3.63) is 58.9 Å². The first-order valence-corrected chi connectivity index (χ1v) is 6.57. The molecule has 0 saturated carbocycles. The zero-order valence-electron chi connectivity index (χ0n) is 11.1. The zero-order valence-corrected chi connectivity index (χ0v) is 11.8. The molecule has 0 bridgehead atoms. The molecule has 0 heterocycles. The highest BCUT2D eigenvalue weighted by molar-refractivity contribution is 6.30. The lowest BCUT2D eigenvalue weighted by atomic mass is 10.1. The lowest BCUT2D eigenvalue weighted by Crippen LogP contribution is -2.21. The molecule has 0 fully saturated rings. The minimum Gasteiger partial charge on any atom is -0.496 e. The first-order chi connectivity index (χ1) is 9.63. The maximum absolute atomic E-state index is 13.3. The summed E-state index contributed by atoms with van der Waals surface area (Å²) in [5.74, 6) is 0.341. The number of methoxy groups -OCH3 is 1. The summed E-state index contributed by atoms with van der Waals surface area (Å²) in [6.07, 6.45) is 0. The van der Waals surface area contributed by atoms with Crippen LogP contribution in [0.4, 0.5) is 10.1 Å². The van der Waals surface area contributed by atoms with Crippen molar-refractivity contribution in [2.24, 2.45) is 5.73 Å². The Morgan fingerprint density at radius 2 is 2.05 bits per heavy atom. The van der Waals surface area contributed by atoms with Gasteiger partial charge in [-0.05, 0) is 24.3 Å². The second-order valence-corrected chi connectivity index (χ2v) is 4.77. The highest BCUT2D eigenvalue weighted by atomic mass is 35.5. The number of hydrogen-bond acceptors (Lipinski definition) is 3. The summed E-state index contributed by atoms with van der Waals surface area (Å²) in [6, 6.07) is 11.7. The van der Waals surface area contributed by atoms with E-state index in [0.29, 0.717) is 17.3 Å².